The van der Waals surface area contributed by atoms with Crippen LogP contribution in [0.2, 0.25) is 0 Å². The number of aromatic nitrogens is 4. The van der Waals surface area contributed by atoms with Crippen molar-refractivity contribution in [3.8, 4) is 16.9 Å². The molecule has 12 heteroatoms. The summed E-state index contributed by atoms with van der Waals surface area (Å²) < 4.78 is 85.5. The lowest BCUT2D eigenvalue weighted by Crippen LogP contribution is -2.50. The third-order valence-corrected chi connectivity index (χ3v) is 7.39. The summed E-state index contributed by atoms with van der Waals surface area (Å²) in [4.78, 5) is 15.3. The minimum absolute atomic E-state index is 0.108. The van der Waals surface area contributed by atoms with Crippen LogP contribution in [0.4, 0.5) is 26.3 Å². The number of amides is 1. The van der Waals surface area contributed by atoms with E-state index in [1.165, 1.54) is 21.7 Å². The number of rotatable bonds is 3. The van der Waals surface area contributed by atoms with Crippen molar-refractivity contribution in [3.63, 3.8) is 0 Å². The van der Waals surface area contributed by atoms with Gasteiger partial charge in [0.25, 0.3) is 5.91 Å². The Balaban J connectivity index is 1.41. The van der Waals surface area contributed by atoms with Crippen LogP contribution in [-0.2, 0) is 19.6 Å². The highest BCUT2D eigenvalue weighted by Crippen LogP contribution is 2.45. The number of hydrogen-bond acceptors (Lipinski definition) is 3. The number of para-hydroxylation sites is 1. The molecule has 39 heavy (non-hydrogen) atoms. The van der Waals surface area contributed by atoms with Gasteiger partial charge in [0.2, 0.25) is 0 Å². The number of benzene rings is 2. The van der Waals surface area contributed by atoms with E-state index in [1.54, 1.807) is 25.2 Å². The lowest BCUT2D eigenvalue weighted by Gasteiger charge is -2.45. The molecule has 2 aromatic carbocycles. The van der Waals surface area contributed by atoms with Gasteiger partial charge in [-0.3, -0.25) is 9.48 Å². The van der Waals surface area contributed by atoms with Gasteiger partial charge in [-0.25, -0.2) is 17.9 Å². The first-order valence-corrected chi connectivity index (χ1v) is 12.3. The van der Waals surface area contributed by atoms with Crippen LogP contribution in [0, 0.1) is 17.5 Å². The molecule has 4 aromatic rings. The van der Waals surface area contributed by atoms with Crippen molar-refractivity contribution in [2.24, 2.45) is 7.05 Å². The summed E-state index contributed by atoms with van der Waals surface area (Å²) in [5.41, 5.74) is 0.438. The Labute approximate surface area is 218 Å². The van der Waals surface area contributed by atoms with Gasteiger partial charge in [0, 0.05) is 30.3 Å². The highest BCUT2D eigenvalue weighted by molar-refractivity contribution is 5.93. The van der Waals surface area contributed by atoms with E-state index in [1.807, 2.05) is 0 Å². The van der Waals surface area contributed by atoms with E-state index in [2.05, 4.69) is 10.2 Å². The minimum atomic E-state index is -4.75. The summed E-state index contributed by atoms with van der Waals surface area (Å²) in [5.74, 6) is -4.89. The van der Waals surface area contributed by atoms with Crippen molar-refractivity contribution >= 4 is 5.91 Å². The molecule has 2 aromatic heterocycles. The van der Waals surface area contributed by atoms with E-state index in [0.29, 0.717) is 29.8 Å². The van der Waals surface area contributed by atoms with E-state index < -0.39 is 47.3 Å². The second kappa shape index (κ2) is 8.99. The Morgan fingerprint density at radius 2 is 1.67 bits per heavy atom. The second-order valence-electron chi connectivity index (χ2n) is 9.77. The minimum Gasteiger partial charge on any atom is -0.325 e. The van der Waals surface area contributed by atoms with Crippen LogP contribution in [0.15, 0.2) is 48.5 Å². The van der Waals surface area contributed by atoms with E-state index in [9.17, 15) is 31.1 Å². The fourth-order valence-electron chi connectivity index (χ4n) is 5.79. The molecule has 6 rings (SSSR count). The van der Waals surface area contributed by atoms with Crippen LogP contribution in [0.5, 0.6) is 0 Å². The first-order valence-electron chi connectivity index (χ1n) is 12.3. The van der Waals surface area contributed by atoms with Crippen molar-refractivity contribution in [2.75, 3.05) is 0 Å². The fourth-order valence-corrected chi connectivity index (χ4v) is 5.79. The average molecular weight is 545 g/mol. The van der Waals surface area contributed by atoms with Crippen LogP contribution in [0.3, 0.4) is 0 Å². The van der Waals surface area contributed by atoms with Crippen molar-refractivity contribution in [1.82, 2.24) is 24.5 Å². The number of piperidine rings is 1. The Morgan fingerprint density at radius 3 is 2.33 bits per heavy atom. The third-order valence-electron chi connectivity index (χ3n) is 7.39. The van der Waals surface area contributed by atoms with Crippen LogP contribution in [0.25, 0.3) is 16.9 Å². The van der Waals surface area contributed by atoms with Crippen molar-refractivity contribution in [2.45, 2.75) is 43.9 Å². The van der Waals surface area contributed by atoms with Gasteiger partial charge in [0.1, 0.15) is 5.69 Å². The summed E-state index contributed by atoms with van der Waals surface area (Å²) in [6.07, 6.45) is -2.64. The quantitative estimate of drug-likeness (QED) is 0.234. The molecule has 1 fully saturated rings. The molecule has 4 heterocycles. The molecule has 2 aliphatic rings. The van der Waals surface area contributed by atoms with E-state index in [-0.39, 0.29) is 23.4 Å². The molecule has 0 unspecified atom stereocenters. The first kappa shape index (κ1) is 25.2. The summed E-state index contributed by atoms with van der Waals surface area (Å²) >= 11 is 0. The zero-order valence-electron chi connectivity index (χ0n) is 20.5. The molecular weight excluding hydrogens is 524 g/mol. The SMILES string of the molecule is Cn1nc2c(c1-c1cc(F)c(F)c(F)c1)C[C@H]1CCC[C@@H]2N1C(=O)c1cc(C(F)(F)F)n(-c2ccccc2)n1. The Morgan fingerprint density at radius 1 is 0.974 bits per heavy atom. The molecule has 2 atom stereocenters. The van der Waals surface area contributed by atoms with Crippen molar-refractivity contribution in [1.29, 1.82) is 0 Å². The van der Waals surface area contributed by atoms with Crippen LogP contribution >= 0.6 is 0 Å². The van der Waals surface area contributed by atoms with Gasteiger partial charge in [-0.2, -0.15) is 23.4 Å². The maximum Gasteiger partial charge on any atom is 0.433 e. The molecule has 2 bridgehead atoms. The monoisotopic (exact) mass is 545 g/mol. The van der Waals surface area contributed by atoms with E-state index in [4.69, 9.17) is 0 Å². The zero-order chi connectivity index (χ0) is 27.6. The number of carbonyl (C=O) groups is 1. The first-order chi connectivity index (χ1) is 18.5. The van der Waals surface area contributed by atoms with Crippen LogP contribution in [0.1, 0.15) is 52.7 Å². The van der Waals surface area contributed by atoms with Gasteiger partial charge in [0.15, 0.2) is 23.1 Å². The molecule has 0 aliphatic carbocycles. The van der Waals surface area contributed by atoms with Gasteiger partial charge >= 0.3 is 6.18 Å². The van der Waals surface area contributed by atoms with Crippen molar-refractivity contribution in [3.05, 3.63) is 88.6 Å². The molecule has 0 spiro atoms. The van der Waals surface area contributed by atoms with Gasteiger partial charge in [-0.15, -0.1) is 0 Å². The molecular formula is C27H21F6N5O. The van der Waals surface area contributed by atoms with E-state index in [0.717, 1.165) is 29.3 Å². The second-order valence-corrected chi connectivity index (χ2v) is 9.77. The summed E-state index contributed by atoms with van der Waals surface area (Å²) in [7, 11) is 1.58. The molecule has 0 radical (unpaired) electrons. The fraction of sp³-hybridized carbons (Fsp3) is 0.296. The topological polar surface area (TPSA) is 56.0 Å². The number of nitrogens with zero attached hydrogens (tertiary/aromatic N) is 5. The molecule has 1 amide bonds. The lowest BCUT2D eigenvalue weighted by molar-refractivity contribution is -0.142. The number of aryl methyl sites for hydroxylation is 1. The predicted molar refractivity (Wildman–Crippen MR) is 127 cm³/mol. The van der Waals surface area contributed by atoms with Gasteiger partial charge in [0.05, 0.1) is 23.1 Å². The number of alkyl halides is 3. The molecule has 0 N–H and O–H groups in total. The number of fused-ring (bicyclic) bond motifs is 4. The molecule has 0 saturated carbocycles. The Kier molecular flexibility index (Phi) is 5.81. The standard InChI is InChI=1S/C27H21F6N5O/c1-36-25(14-10-18(28)23(30)19(29)11-14)17-12-16-8-5-9-21(24(17)35-36)37(16)26(39)20-13-22(27(31,32)33)38(34-20)15-6-3-2-4-7-15/h2-4,6-7,10-11,13,16,21H,5,8-9,12H2,1H3/t16-,21+/m1/s1. The van der Waals surface area contributed by atoms with Crippen molar-refractivity contribution < 1.29 is 31.1 Å². The van der Waals surface area contributed by atoms with Gasteiger partial charge < -0.3 is 4.90 Å². The maximum absolute atomic E-state index is 14.0. The average Bonchev–Trinajstić information content (AvgIpc) is 3.49. The normalized spacial score (nSPS) is 18.8. The largest absolute Gasteiger partial charge is 0.433 e. The Bertz CT molecular complexity index is 1570. The maximum atomic E-state index is 14.0. The van der Waals surface area contributed by atoms with Gasteiger partial charge in [-0.05, 0) is 49.9 Å². The zero-order valence-corrected chi connectivity index (χ0v) is 20.5. The van der Waals surface area contributed by atoms with E-state index >= 15 is 0 Å². The highest BCUT2D eigenvalue weighted by atomic mass is 19.4. The number of hydrogen-bond donors (Lipinski definition) is 0. The van der Waals surface area contributed by atoms with Crippen LogP contribution < -0.4 is 0 Å². The number of halogens is 6. The molecule has 202 valence electrons. The number of carbonyl (C=O) groups excluding carboxylic acids is 1. The molecule has 6 nitrogen and oxygen atoms in total. The Hall–Kier alpha value is -4.09. The summed E-state index contributed by atoms with van der Waals surface area (Å²) in [5, 5.41) is 8.61. The van der Waals surface area contributed by atoms with Gasteiger partial charge in [-0.1, -0.05) is 18.2 Å². The lowest BCUT2D eigenvalue weighted by atomic mass is 9.81. The molecule has 1 saturated heterocycles. The third kappa shape index (κ3) is 4.09. The van der Waals surface area contributed by atoms with Crippen LogP contribution in [-0.4, -0.2) is 36.4 Å². The highest BCUT2D eigenvalue weighted by Gasteiger charge is 2.45. The molecule has 2 aliphatic heterocycles. The summed E-state index contributed by atoms with van der Waals surface area (Å²) in [6.45, 7) is 0. The summed E-state index contributed by atoms with van der Waals surface area (Å²) in [6, 6.07) is 9.35. The predicted octanol–water partition coefficient (Wildman–Crippen LogP) is 6.00. The smallest absolute Gasteiger partial charge is 0.325 e.